The van der Waals surface area contributed by atoms with E-state index in [0.29, 0.717) is 29.6 Å². The summed E-state index contributed by atoms with van der Waals surface area (Å²) in [5.74, 6) is -0.0127. The molecule has 0 fully saturated rings. The van der Waals surface area contributed by atoms with Crippen molar-refractivity contribution in [1.29, 1.82) is 0 Å². The number of rotatable bonds is 10. The van der Waals surface area contributed by atoms with Gasteiger partial charge in [0.05, 0.1) is 24.6 Å². The lowest BCUT2D eigenvalue weighted by Crippen LogP contribution is -2.30. The molecule has 0 spiro atoms. The highest BCUT2D eigenvalue weighted by Gasteiger charge is 2.10. The first-order chi connectivity index (χ1) is 10.8. The van der Waals surface area contributed by atoms with Crippen LogP contribution in [0.3, 0.4) is 0 Å². The van der Waals surface area contributed by atoms with Crippen molar-refractivity contribution in [3.8, 4) is 5.75 Å². The molecule has 24 heavy (non-hydrogen) atoms. The van der Waals surface area contributed by atoms with Crippen LogP contribution in [0.15, 0.2) is 18.2 Å². The van der Waals surface area contributed by atoms with Gasteiger partial charge in [-0.2, -0.15) is 0 Å². The molecule has 0 saturated heterocycles. The lowest BCUT2D eigenvalue weighted by atomic mass is 10.3. The first-order valence-electron chi connectivity index (χ1n) is 6.91. The molecule has 1 rings (SSSR count). The quantitative estimate of drug-likeness (QED) is 0.575. The Morgan fingerprint density at radius 1 is 1.29 bits per heavy atom. The van der Waals surface area contributed by atoms with Crippen molar-refractivity contribution in [2.24, 2.45) is 0 Å². The minimum absolute atomic E-state index is 0. The molecule has 0 aliphatic carbocycles. The SMILES string of the molecule is COCCNCC(=O)Nc1cc(Cl)ccc1OCCS(C)(=O)=O.Cl. The molecule has 1 aromatic carbocycles. The summed E-state index contributed by atoms with van der Waals surface area (Å²) in [4.78, 5) is 11.9. The summed E-state index contributed by atoms with van der Waals surface area (Å²) in [5.41, 5.74) is 0.393. The summed E-state index contributed by atoms with van der Waals surface area (Å²) in [7, 11) is -1.54. The molecule has 0 radical (unpaired) electrons. The summed E-state index contributed by atoms with van der Waals surface area (Å²) in [6.07, 6.45) is 1.13. The molecule has 0 unspecified atom stereocenters. The molecule has 138 valence electrons. The minimum atomic E-state index is -3.12. The van der Waals surface area contributed by atoms with Crippen LogP contribution in [0, 0.1) is 0 Å². The van der Waals surface area contributed by atoms with Gasteiger partial charge in [-0.3, -0.25) is 4.79 Å². The monoisotopic (exact) mass is 400 g/mol. The van der Waals surface area contributed by atoms with Gasteiger partial charge in [0.2, 0.25) is 5.91 Å². The van der Waals surface area contributed by atoms with Crippen LogP contribution < -0.4 is 15.4 Å². The number of hydrogen-bond acceptors (Lipinski definition) is 6. The van der Waals surface area contributed by atoms with Gasteiger partial charge in [0.1, 0.15) is 12.4 Å². The van der Waals surface area contributed by atoms with Crippen LogP contribution >= 0.6 is 24.0 Å². The lowest BCUT2D eigenvalue weighted by Gasteiger charge is -2.13. The van der Waals surface area contributed by atoms with E-state index in [1.54, 1.807) is 25.3 Å². The van der Waals surface area contributed by atoms with Gasteiger partial charge in [-0.25, -0.2) is 8.42 Å². The molecular formula is C14H22Cl2N2O5S. The second-order valence-corrected chi connectivity index (χ2v) is 7.53. The Labute approximate surface area is 153 Å². The zero-order valence-electron chi connectivity index (χ0n) is 13.5. The van der Waals surface area contributed by atoms with Crippen molar-refractivity contribution in [3.63, 3.8) is 0 Å². The predicted molar refractivity (Wildman–Crippen MR) is 97.3 cm³/mol. The van der Waals surface area contributed by atoms with Crippen LogP contribution in [0.2, 0.25) is 5.02 Å². The summed E-state index contributed by atoms with van der Waals surface area (Å²) in [6.45, 7) is 1.16. The molecule has 2 N–H and O–H groups in total. The second kappa shape index (κ2) is 11.5. The van der Waals surface area contributed by atoms with Gasteiger partial charge in [0.15, 0.2) is 9.84 Å². The van der Waals surface area contributed by atoms with Crippen LogP contribution in [-0.2, 0) is 19.4 Å². The second-order valence-electron chi connectivity index (χ2n) is 4.84. The average molecular weight is 401 g/mol. The normalized spacial score (nSPS) is 10.8. The van der Waals surface area contributed by atoms with Crippen molar-refractivity contribution in [2.45, 2.75) is 0 Å². The largest absolute Gasteiger partial charge is 0.490 e. The standard InChI is InChI=1S/C14H21ClN2O5S.ClH/c1-21-6-5-16-10-14(18)17-12-9-11(15)3-4-13(12)22-7-8-23(2,19)20;/h3-4,9,16H,5-8,10H2,1-2H3,(H,17,18);1H. The van der Waals surface area contributed by atoms with E-state index >= 15 is 0 Å². The van der Waals surface area contributed by atoms with Gasteiger partial charge in [0.25, 0.3) is 0 Å². The maximum Gasteiger partial charge on any atom is 0.238 e. The Bertz CT molecular complexity index is 626. The minimum Gasteiger partial charge on any atom is -0.490 e. The molecule has 0 aliphatic heterocycles. The average Bonchev–Trinajstić information content (AvgIpc) is 2.45. The number of ether oxygens (including phenoxy) is 2. The molecule has 7 nitrogen and oxygen atoms in total. The highest BCUT2D eigenvalue weighted by atomic mass is 35.5. The number of hydrogen-bond donors (Lipinski definition) is 2. The molecule has 0 saturated carbocycles. The first kappa shape index (κ1) is 22.9. The number of methoxy groups -OCH3 is 1. The van der Waals surface area contributed by atoms with Crippen LogP contribution in [0.25, 0.3) is 0 Å². The Kier molecular flexibility index (Phi) is 11.0. The number of halogens is 2. The van der Waals surface area contributed by atoms with Crippen molar-refractivity contribution in [2.75, 3.05) is 50.7 Å². The third-order valence-corrected chi connectivity index (χ3v) is 3.84. The maximum absolute atomic E-state index is 11.9. The van der Waals surface area contributed by atoms with Crippen LogP contribution in [0.4, 0.5) is 5.69 Å². The van der Waals surface area contributed by atoms with E-state index < -0.39 is 9.84 Å². The fourth-order valence-corrected chi connectivity index (χ4v) is 2.16. The molecule has 0 bridgehead atoms. The number of carbonyl (C=O) groups excluding carboxylic acids is 1. The number of anilines is 1. The summed E-state index contributed by atoms with van der Waals surface area (Å²) in [6, 6.07) is 4.73. The molecule has 1 amide bonds. The number of nitrogens with one attached hydrogen (secondary N) is 2. The zero-order chi connectivity index (χ0) is 17.3. The van der Waals surface area contributed by atoms with Gasteiger partial charge in [-0.05, 0) is 18.2 Å². The third kappa shape index (κ3) is 9.94. The van der Waals surface area contributed by atoms with Crippen LogP contribution in [0.5, 0.6) is 5.75 Å². The lowest BCUT2D eigenvalue weighted by molar-refractivity contribution is -0.115. The number of amides is 1. The molecule has 0 aliphatic rings. The Morgan fingerprint density at radius 2 is 2.00 bits per heavy atom. The first-order valence-corrected chi connectivity index (χ1v) is 9.35. The number of carbonyl (C=O) groups is 1. The highest BCUT2D eigenvalue weighted by Crippen LogP contribution is 2.28. The van der Waals surface area contributed by atoms with Gasteiger partial charge >= 0.3 is 0 Å². The fourth-order valence-electron chi connectivity index (χ4n) is 1.60. The zero-order valence-corrected chi connectivity index (χ0v) is 15.9. The van der Waals surface area contributed by atoms with E-state index in [9.17, 15) is 13.2 Å². The van der Waals surface area contributed by atoms with E-state index in [4.69, 9.17) is 21.1 Å². The number of benzene rings is 1. The van der Waals surface area contributed by atoms with E-state index in [1.165, 1.54) is 0 Å². The smallest absolute Gasteiger partial charge is 0.238 e. The van der Waals surface area contributed by atoms with Crippen molar-refractivity contribution in [3.05, 3.63) is 23.2 Å². The van der Waals surface area contributed by atoms with Crippen molar-refractivity contribution >= 4 is 45.4 Å². The van der Waals surface area contributed by atoms with Gasteiger partial charge in [-0.15, -0.1) is 12.4 Å². The maximum atomic E-state index is 11.9. The Hall–Kier alpha value is -1.06. The van der Waals surface area contributed by atoms with E-state index in [2.05, 4.69) is 10.6 Å². The van der Waals surface area contributed by atoms with Crippen LogP contribution in [0.1, 0.15) is 0 Å². The summed E-state index contributed by atoms with van der Waals surface area (Å²) >= 11 is 5.92. The fraction of sp³-hybridized carbons (Fsp3) is 0.500. The van der Waals surface area contributed by atoms with Gasteiger partial charge in [0, 0.05) is 24.9 Å². The predicted octanol–water partition coefficient (Wildman–Crippen LogP) is 1.36. The number of sulfone groups is 1. The molecule has 1 aromatic rings. The van der Waals surface area contributed by atoms with E-state index in [-0.39, 0.29) is 37.2 Å². The van der Waals surface area contributed by atoms with E-state index in [1.807, 2.05) is 0 Å². The topological polar surface area (TPSA) is 93.7 Å². The Balaban J connectivity index is 0.00000529. The van der Waals surface area contributed by atoms with Crippen molar-refractivity contribution < 1.29 is 22.7 Å². The van der Waals surface area contributed by atoms with E-state index in [0.717, 1.165) is 6.26 Å². The summed E-state index contributed by atoms with van der Waals surface area (Å²) in [5, 5.41) is 6.02. The third-order valence-electron chi connectivity index (χ3n) is 2.70. The molecule has 10 heteroatoms. The van der Waals surface area contributed by atoms with Gasteiger partial charge in [-0.1, -0.05) is 11.6 Å². The van der Waals surface area contributed by atoms with Gasteiger partial charge < -0.3 is 20.1 Å². The molecular weight excluding hydrogens is 379 g/mol. The highest BCUT2D eigenvalue weighted by molar-refractivity contribution is 7.90. The van der Waals surface area contributed by atoms with Crippen molar-refractivity contribution in [1.82, 2.24) is 5.32 Å². The Morgan fingerprint density at radius 3 is 2.62 bits per heavy atom. The molecule has 0 aromatic heterocycles. The molecule has 0 atom stereocenters. The molecule has 0 heterocycles. The van der Waals surface area contributed by atoms with Crippen LogP contribution in [-0.4, -0.2) is 59.7 Å². The summed E-state index contributed by atoms with van der Waals surface area (Å²) < 4.78 is 32.5.